The predicted octanol–water partition coefficient (Wildman–Crippen LogP) is 6.15. The summed E-state index contributed by atoms with van der Waals surface area (Å²) in [6.07, 6.45) is 1.98. The summed E-state index contributed by atoms with van der Waals surface area (Å²) in [5.41, 5.74) is 7.73. The number of anilines is 1. The molecule has 31 heavy (non-hydrogen) atoms. The number of hydrazone groups is 1. The topological polar surface area (TPSA) is 57.1 Å². The first kappa shape index (κ1) is 22.2. The number of fused-ring (bicyclic) bond motifs is 1. The standard InChI is InChI=1S/C23H24Cl2N4OS/c1-4-26-21(17-9-8-16(24)13-18(17)25)29-11-5-6-14-12-15(7-10-19(14)29)20-23(2,3)31-22(30)28-27-20/h7-10,12-13H,4-6,11H2,1-3H3,(H,28,30)/b26-21-. The van der Waals surface area contributed by atoms with Crippen LogP contribution in [0, 0.1) is 0 Å². The van der Waals surface area contributed by atoms with Gasteiger partial charge in [0.05, 0.1) is 15.5 Å². The highest BCUT2D eigenvalue weighted by Gasteiger charge is 2.34. The SMILES string of the molecule is CC/N=C(/c1ccc(Cl)cc1Cl)N1CCCc2cc(C3=NNC(=O)SC3(C)C)ccc21. The Kier molecular flexibility index (Phi) is 6.33. The van der Waals surface area contributed by atoms with E-state index >= 15 is 0 Å². The minimum atomic E-state index is -0.392. The molecule has 5 nitrogen and oxygen atoms in total. The highest BCUT2D eigenvalue weighted by Crippen LogP contribution is 2.36. The number of aliphatic imine (C=N–C) groups is 1. The molecule has 0 spiro atoms. The van der Waals surface area contributed by atoms with E-state index in [1.165, 1.54) is 17.3 Å². The molecule has 2 aliphatic heterocycles. The maximum absolute atomic E-state index is 11.8. The number of benzene rings is 2. The number of nitrogens with one attached hydrogen (secondary N) is 1. The van der Waals surface area contributed by atoms with Gasteiger partial charge in [0.15, 0.2) is 0 Å². The van der Waals surface area contributed by atoms with Gasteiger partial charge in [-0.25, -0.2) is 5.43 Å². The number of aryl methyl sites for hydroxylation is 1. The molecule has 8 heteroatoms. The molecule has 0 aromatic heterocycles. The Labute approximate surface area is 196 Å². The number of nitrogens with zero attached hydrogens (tertiary/aromatic N) is 3. The van der Waals surface area contributed by atoms with Crippen molar-refractivity contribution >= 4 is 57.4 Å². The van der Waals surface area contributed by atoms with Crippen LogP contribution in [0.5, 0.6) is 0 Å². The van der Waals surface area contributed by atoms with Crippen LogP contribution in [-0.4, -0.2) is 34.6 Å². The molecule has 1 amide bonds. The van der Waals surface area contributed by atoms with Crippen LogP contribution in [0.25, 0.3) is 0 Å². The van der Waals surface area contributed by atoms with E-state index in [0.29, 0.717) is 16.6 Å². The normalized spacial score (nSPS) is 18.4. The summed E-state index contributed by atoms with van der Waals surface area (Å²) in [4.78, 5) is 18.8. The Morgan fingerprint density at radius 3 is 2.77 bits per heavy atom. The van der Waals surface area contributed by atoms with Crippen molar-refractivity contribution in [3.05, 3.63) is 63.1 Å². The molecule has 0 bridgehead atoms. The van der Waals surface area contributed by atoms with Crippen molar-refractivity contribution in [1.29, 1.82) is 0 Å². The van der Waals surface area contributed by atoms with Crippen molar-refractivity contribution in [2.24, 2.45) is 10.1 Å². The molecule has 0 unspecified atom stereocenters. The second kappa shape index (κ2) is 8.85. The summed E-state index contributed by atoms with van der Waals surface area (Å²) in [5.74, 6) is 0.857. The minimum Gasteiger partial charge on any atom is -0.326 e. The summed E-state index contributed by atoms with van der Waals surface area (Å²) in [6.45, 7) is 7.58. The molecule has 0 saturated carbocycles. The van der Waals surface area contributed by atoms with Gasteiger partial charge in [0.25, 0.3) is 5.24 Å². The lowest BCUT2D eigenvalue weighted by Crippen LogP contribution is -2.39. The first-order valence-electron chi connectivity index (χ1n) is 10.3. The van der Waals surface area contributed by atoms with E-state index in [4.69, 9.17) is 28.2 Å². The second-order valence-corrected chi connectivity index (χ2v) is 10.4. The summed E-state index contributed by atoms with van der Waals surface area (Å²) < 4.78 is -0.392. The van der Waals surface area contributed by atoms with Crippen LogP contribution >= 0.6 is 35.0 Å². The van der Waals surface area contributed by atoms with Gasteiger partial charge in [-0.2, -0.15) is 5.10 Å². The van der Waals surface area contributed by atoms with Gasteiger partial charge >= 0.3 is 0 Å². The summed E-state index contributed by atoms with van der Waals surface area (Å²) in [7, 11) is 0. The van der Waals surface area contributed by atoms with E-state index in [-0.39, 0.29) is 5.24 Å². The molecule has 0 aliphatic carbocycles. The zero-order valence-corrected chi connectivity index (χ0v) is 20.0. The lowest BCUT2D eigenvalue weighted by atomic mass is 9.93. The molecular weight excluding hydrogens is 451 g/mol. The van der Waals surface area contributed by atoms with Gasteiger partial charge in [0, 0.05) is 29.4 Å². The fourth-order valence-electron chi connectivity index (χ4n) is 4.05. The van der Waals surface area contributed by atoms with Gasteiger partial charge in [-0.1, -0.05) is 41.0 Å². The Hall–Kier alpha value is -2.02. The third-order valence-corrected chi connectivity index (χ3v) is 6.91. The van der Waals surface area contributed by atoms with E-state index in [1.807, 2.05) is 32.9 Å². The molecule has 1 N–H and O–H groups in total. The van der Waals surface area contributed by atoms with Gasteiger partial charge in [0.2, 0.25) is 0 Å². The number of hydrogen-bond donors (Lipinski definition) is 1. The van der Waals surface area contributed by atoms with Crippen molar-refractivity contribution in [3.8, 4) is 0 Å². The fourth-order valence-corrected chi connectivity index (χ4v) is 5.36. The van der Waals surface area contributed by atoms with E-state index in [2.05, 4.69) is 33.6 Å². The second-order valence-electron chi connectivity index (χ2n) is 7.99. The Balaban J connectivity index is 1.74. The predicted molar refractivity (Wildman–Crippen MR) is 132 cm³/mol. The average Bonchev–Trinajstić information content (AvgIpc) is 2.71. The number of amides is 1. The number of hydrogen-bond acceptors (Lipinski definition) is 4. The highest BCUT2D eigenvalue weighted by molar-refractivity contribution is 8.15. The molecule has 4 rings (SSSR count). The van der Waals surface area contributed by atoms with Crippen molar-refractivity contribution < 1.29 is 4.79 Å². The van der Waals surface area contributed by atoms with Crippen LogP contribution in [-0.2, 0) is 6.42 Å². The number of thioether (sulfide) groups is 1. The minimum absolute atomic E-state index is 0.127. The maximum Gasteiger partial charge on any atom is 0.300 e. The Morgan fingerprint density at radius 2 is 2.06 bits per heavy atom. The quantitative estimate of drug-likeness (QED) is 0.428. The molecule has 2 aliphatic rings. The molecule has 0 fully saturated rings. The zero-order chi connectivity index (χ0) is 22.2. The van der Waals surface area contributed by atoms with E-state index in [9.17, 15) is 4.79 Å². The van der Waals surface area contributed by atoms with Gasteiger partial charge in [-0.15, -0.1) is 0 Å². The number of halogens is 2. The van der Waals surface area contributed by atoms with Crippen molar-refractivity contribution in [1.82, 2.24) is 5.43 Å². The summed E-state index contributed by atoms with van der Waals surface area (Å²) in [5, 5.41) is 5.43. The lowest BCUT2D eigenvalue weighted by molar-refractivity contribution is 0.260. The van der Waals surface area contributed by atoms with Gasteiger partial charge in [-0.05, 0) is 75.1 Å². The van der Waals surface area contributed by atoms with Crippen LogP contribution in [0.4, 0.5) is 10.5 Å². The smallest absolute Gasteiger partial charge is 0.300 e. The van der Waals surface area contributed by atoms with Crippen LogP contribution in [0.2, 0.25) is 10.0 Å². The molecule has 2 aromatic rings. The number of carbonyl (C=O) groups excluding carboxylic acids is 1. The highest BCUT2D eigenvalue weighted by atomic mass is 35.5. The summed E-state index contributed by atoms with van der Waals surface area (Å²) >= 11 is 13.9. The number of amidine groups is 1. The first-order chi connectivity index (χ1) is 14.8. The fraction of sp³-hybridized carbons (Fsp3) is 0.348. The third kappa shape index (κ3) is 4.47. The molecule has 162 valence electrons. The Bertz CT molecular complexity index is 1100. The molecule has 0 atom stereocenters. The van der Waals surface area contributed by atoms with Gasteiger partial charge < -0.3 is 4.90 Å². The molecular formula is C23H24Cl2N4OS. The van der Waals surface area contributed by atoms with E-state index in [0.717, 1.165) is 47.7 Å². The molecule has 0 radical (unpaired) electrons. The monoisotopic (exact) mass is 474 g/mol. The largest absolute Gasteiger partial charge is 0.326 e. The Morgan fingerprint density at radius 1 is 1.26 bits per heavy atom. The first-order valence-corrected chi connectivity index (χ1v) is 11.8. The van der Waals surface area contributed by atoms with Crippen LogP contribution in [0.3, 0.4) is 0 Å². The molecule has 2 aromatic carbocycles. The molecule has 2 heterocycles. The zero-order valence-electron chi connectivity index (χ0n) is 17.7. The van der Waals surface area contributed by atoms with Crippen LogP contribution in [0.15, 0.2) is 46.5 Å². The maximum atomic E-state index is 11.8. The van der Waals surface area contributed by atoms with E-state index < -0.39 is 4.75 Å². The van der Waals surface area contributed by atoms with Crippen molar-refractivity contribution in [2.45, 2.75) is 38.4 Å². The lowest BCUT2D eigenvalue weighted by Gasteiger charge is -2.34. The van der Waals surface area contributed by atoms with Gasteiger partial charge in [-0.3, -0.25) is 9.79 Å². The van der Waals surface area contributed by atoms with Crippen LogP contribution in [0.1, 0.15) is 43.9 Å². The van der Waals surface area contributed by atoms with Crippen LogP contribution < -0.4 is 10.3 Å². The number of carbonyl (C=O) groups is 1. The third-order valence-electron chi connectivity index (χ3n) is 5.38. The average molecular weight is 475 g/mol. The molecule has 0 saturated heterocycles. The van der Waals surface area contributed by atoms with Gasteiger partial charge in [0.1, 0.15) is 5.84 Å². The van der Waals surface area contributed by atoms with Crippen molar-refractivity contribution in [3.63, 3.8) is 0 Å². The van der Waals surface area contributed by atoms with E-state index in [1.54, 1.807) is 6.07 Å². The van der Waals surface area contributed by atoms with Crippen molar-refractivity contribution in [2.75, 3.05) is 18.0 Å². The number of rotatable bonds is 3. The summed E-state index contributed by atoms with van der Waals surface area (Å²) in [6, 6.07) is 11.9.